The van der Waals surface area contributed by atoms with Gasteiger partial charge in [-0.05, 0) is 61.0 Å². The summed E-state index contributed by atoms with van der Waals surface area (Å²) in [6.45, 7) is 15.4. The van der Waals surface area contributed by atoms with E-state index in [2.05, 4.69) is 38.1 Å². The molecular formula is C37H46N6O3. The van der Waals surface area contributed by atoms with Gasteiger partial charge < -0.3 is 29.9 Å². The molecule has 0 radical (unpaired) electrons. The van der Waals surface area contributed by atoms with Crippen molar-refractivity contribution >= 4 is 29.3 Å². The second kappa shape index (κ2) is 18.6. The molecule has 0 bridgehead atoms. The third-order valence-corrected chi connectivity index (χ3v) is 7.22. The molecule has 3 N–H and O–H groups in total. The van der Waals surface area contributed by atoms with Crippen LogP contribution in [0.2, 0.25) is 0 Å². The van der Waals surface area contributed by atoms with Crippen molar-refractivity contribution in [2.45, 2.75) is 27.7 Å². The number of fused-ring (bicyclic) bond motifs is 1. The van der Waals surface area contributed by atoms with Crippen molar-refractivity contribution in [3.8, 4) is 11.1 Å². The molecule has 3 aromatic heterocycles. The Morgan fingerprint density at radius 3 is 2.33 bits per heavy atom. The Bertz CT molecular complexity index is 1620. The average molecular weight is 623 g/mol. The zero-order chi connectivity index (χ0) is 33.3. The molecule has 0 aliphatic carbocycles. The Kier molecular flexibility index (Phi) is 14.3. The van der Waals surface area contributed by atoms with E-state index in [1.165, 1.54) is 0 Å². The van der Waals surface area contributed by atoms with Crippen LogP contribution in [-0.2, 0) is 4.79 Å². The van der Waals surface area contributed by atoms with Crippen LogP contribution in [0.3, 0.4) is 0 Å². The maximum atomic E-state index is 11.9. The van der Waals surface area contributed by atoms with E-state index in [-0.39, 0.29) is 12.4 Å². The summed E-state index contributed by atoms with van der Waals surface area (Å²) in [7, 11) is 0. The number of hydrogen-bond acceptors (Lipinski definition) is 7. The molecule has 1 saturated heterocycles. The molecule has 4 aromatic rings. The lowest BCUT2D eigenvalue weighted by atomic mass is 10.0. The number of aromatic nitrogens is 2. The minimum atomic E-state index is 0.0809. The number of carbonyl (C=O) groups is 2. The molecule has 0 saturated carbocycles. The number of aliphatic hydroxyl groups is 1. The van der Waals surface area contributed by atoms with E-state index >= 15 is 0 Å². The first-order valence-corrected chi connectivity index (χ1v) is 15.6. The summed E-state index contributed by atoms with van der Waals surface area (Å²) >= 11 is 0. The topological polar surface area (TPSA) is 102 Å². The van der Waals surface area contributed by atoms with Crippen LogP contribution in [0, 0.1) is 0 Å². The summed E-state index contributed by atoms with van der Waals surface area (Å²) in [5.41, 5.74) is 5.68. The molecule has 1 aliphatic heterocycles. The second-order valence-electron chi connectivity index (χ2n) is 10.2. The zero-order valence-electron chi connectivity index (χ0n) is 27.3. The molecule has 242 valence electrons. The van der Waals surface area contributed by atoms with Crippen LogP contribution < -0.4 is 15.5 Å². The summed E-state index contributed by atoms with van der Waals surface area (Å²) in [5, 5.41) is 14.6. The van der Waals surface area contributed by atoms with Gasteiger partial charge in [-0.25, -0.2) is 4.98 Å². The van der Waals surface area contributed by atoms with Crippen molar-refractivity contribution in [1.82, 2.24) is 19.6 Å². The molecule has 0 spiro atoms. The predicted molar refractivity (Wildman–Crippen MR) is 189 cm³/mol. The quantitative estimate of drug-likeness (QED) is 0.105. The minimum Gasteiger partial charge on any atom is -0.395 e. The first kappa shape index (κ1) is 35.3. The van der Waals surface area contributed by atoms with Crippen LogP contribution in [0.4, 0.5) is 11.6 Å². The van der Waals surface area contributed by atoms with Gasteiger partial charge in [0, 0.05) is 68.3 Å². The van der Waals surface area contributed by atoms with Gasteiger partial charge in [0.25, 0.3) is 0 Å². The molecule has 46 heavy (non-hydrogen) atoms. The van der Waals surface area contributed by atoms with Crippen LogP contribution in [0.15, 0.2) is 115 Å². The number of rotatable bonds is 11. The molecular weight excluding hydrogens is 576 g/mol. The van der Waals surface area contributed by atoms with Crippen molar-refractivity contribution in [2.75, 3.05) is 49.5 Å². The minimum absolute atomic E-state index is 0.0809. The highest BCUT2D eigenvalue weighted by Gasteiger charge is 2.19. The lowest BCUT2D eigenvalue weighted by Crippen LogP contribution is -2.46. The van der Waals surface area contributed by atoms with Gasteiger partial charge in [-0.3, -0.25) is 9.59 Å². The summed E-state index contributed by atoms with van der Waals surface area (Å²) in [6.07, 6.45) is 8.26. The van der Waals surface area contributed by atoms with E-state index in [1.807, 2.05) is 116 Å². The van der Waals surface area contributed by atoms with Crippen molar-refractivity contribution in [2.24, 2.45) is 0 Å². The zero-order valence-corrected chi connectivity index (χ0v) is 27.3. The van der Waals surface area contributed by atoms with E-state index in [9.17, 15) is 9.59 Å². The number of aliphatic hydroxyl groups excluding tert-OH is 1. The number of piperazine rings is 1. The summed E-state index contributed by atoms with van der Waals surface area (Å²) in [5.74, 6) is 1.79. The summed E-state index contributed by atoms with van der Waals surface area (Å²) in [4.78, 5) is 31.5. The highest BCUT2D eigenvalue weighted by molar-refractivity contribution is 6.01. The van der Waals surface area contributed by atoms with Gasteiger partial charge in [-0.15, -0.1) is 0 Å². The van der Waals surface area contributed by atoms with Crippen LogP contribution in [0.25, 0.3) is 16.6 Å². The number of amides is 1. The lowest BCUT2D eigenvalue weighted by Gasteiger charge is -2.37. The fourth-order valence-electron chi connectivity index (χ4n) is 5.05. The molecule has 0 atom stereocenters. The summed E-state index contributed by atoms with van der Waals surface area (Å²) in [6, 6.07) is 23.9. The number of Topliss-reactive ketones (excluding diaryl/α,β-unsaturated/α-hetero) is 1. The summed E-state index contributed by atoms with van der Waals surface area (Å²) < 4.78 is 1.95. The van der Waals surface area contributed by atoms with Crippen molar-refractivity contribution < 1.29 is 14.7 Å². The molecule has 4 heterocycles. The lowest BCUT2D eigenvalue weighted by molar-refractivity contribution is -0.108. The Labute approximate surface area is 272 Å². The van der Waals surface area contributed by atoms with Gasteiger partial charge >= 0.3 is 0 Å². The number of nitrogens with zero attached hydrogens (tertiary/aromatic N) is 4. The van der Waals surface area contributed by atoms with E-state index < -0.39 is 0 Å². The number of hydrogen-bond donors (Lipinski definition) is 3. The van der Waals surface area contributed by atoms with Gasteiger partial charge in [0.1, 0.15) is 11.6 Å². The molecule has 1 aromatic carbocycles. The normalized spacial score (nSPS) is 13.2. The van der Waals surface area contributed by atoms with Gasteiger partial charge in [0.05, 0.1) is 12.3 Å². The maximum Gasteiger partial charge on any atom is 0.211 e. The fraction of sp³-hybridized carbons (Fsp3) is 0.270. The number of pyridine rings is 2. The van der Waals surface area contributed by atoms with Crippen LogP contribution >= 0.6 is 0 Å². The fourth-order valence-corrected chi connectivity index (χ4v) is 5.05. The Morgan fingerprint density at radius 1 is 0.957 bits per heavy atom. The van der Waals surface area contributed by atoms with E-state index in [0.717, 1.165) is 71.5 Å². The third-order valence-electron chi connectivity index (χ3n) is 7.22. The van der Waals surface area contributed by atoms with Gasteiger partial charge in [0.15, 0.2) is 5.78 Å². The molecule has 1 amide bonds. The first-order chi connectivity index (χ1) is 22.4. The van der Waals surface area contributed by atoms with E-state index in [1.54, 1.807) is 6.92 Å². The molecule has 1 fully saturated rings. The number of carbonyl (C=O) groups excluding carboxylic acids is 2. The van der Waals surface area contributed by atoms with E-state index in [0.29, 0.717) is 13.0 Å². The molecule has 0 unspecified atom stereocenters. The van der Waals surface area contributed by atoms with Crippen LogP contribution in [-0.4, -0.2) is 70.9 Å². The predicted octanol–water partition coefficient (Wildman–Crippen LogP) is 6.16. The molecule has 1 aliphatic rings. The number of nitrogens with one attached hydrogen (secondary N) is 2. The monoisotopic (exact) mass is 622 g/mol. The highest BCUT2D eigenvalue weighted by Crippen LogP contribution is 2.28. The highest BCUT2D eigenvalue weighted by atomic mass is 16.3. The second-order valence-corrected chi connectivity index (χ2v) is 10.2. The number of allylic oxidation sites excluding steroid dienone is 4. The molecule has 9 nitrogen and oxygen atoms in total. The SMILES string of the molecule is C=C/C(=C\C=C(/C)NC=O)N1CCN(c2cccc(NCCO)n2)CC1.CC.CC(=O)c1c(-c2ccccc2)cc2ccccn12. The number of anilines is 2. The molecule has 5 rings (SSSR count). The van der Waals surface area contributed by atoms with Crippen molar-refractivity contribution in [3.63, 3.8) is 0 Å². The largest absolute Gasteiger partial charge is 0.395 e. The molecule has 9 heteroatoms. The van der Waals surface area contributed by atoms with Crippen molar-refractivity contribution in [3.05, 3.63) is 121 Å². The Balaban J connectivity index is 0.000000250. The van der Waals surface area contributed by atoms with Gasteiger partial charge in [-0.2, -0.15) is 0 Å². The maximum absolute atomic E-state index is 11.9. The number of ketones is 1. The average Bonchev–Trinajstić information content (AvgIpc) is 3.50. The standard InChI is InChI=1S/C19H27N5O2.C16H13NO.C2H6/c1-3-17(8-7-16(2)21-15-26)23-10-12-24(13-11-23)19-6-4-5-18(22-19)20-9-14-25;1-12(18)16-15(13-7-3-2-4-8-13)11-14-9-5-6-10-17(14)16;1-2/h3-8,15,25H,1,9-14H2,2H3,(H,20,22)(H,21,26);2-11H,1H3;1-2H3/b16-7+,17-8+;;. The van der Waals surface area contributed by atoms with Gasteiger partial charge in [0.2, 0.25) is 6.41 Å². The van der Waals surface area contributed by atoms with Gasteiger partial charge in [-0.1, -0.05) is 62.9 Å². The van der Waals surface area contributed by atoms with Crippen LogP contribution in [0.1, 0.15) is 38.2 Å². The van der Waals surface area contributed by atoms with Crippen molar-refractivity contribution in [1.29, 1.82) is 0 Å². The Morgan fingerprint density at radius 2 is 1.67 bits per heavy atom. The van der Waals surface area contributed by atoms with Crippen LogP contribution in [0.5, 0.6) is 0 Å². The Hall–Kier alpha value is -5.15. The third kappa shape index (κ3) is 9.67. The van der Waals surface area contributed by atoms with E-state index in [4.69, 9.17) is 5.11 Å². The smallest absolute Gasteiger partial charge is 0.211 e. The number of benzene rings is 1. The first-order valence-electron chi connectivity index (χ1n) is 15.6.